The third-order valence-corrected chi connectivity index (χ3v) is 4.12. The van der Waals surface area contributed by atoms with Gasteiger partial charge in [0.25, 0.3) is 11.9 Å². The van der Waals surface area contributed by atoms with Gasteiger partial charge in [0.15, 0.2) is 0 Å². The summed E-state index contributed by atoms with van der Waals surface area (Å²) in [5, 5.41) is 4.03. The first-order valence-electron chi connectivity index (χ1n) is 7.82. The summed E-state index contributed by atoms with van der Waals surface area (Å²) < 4.78 is 39.7. The normalized spacial score (nSPS) is 12.2. The van der Waals surface area contributed by atoms with E-state index in [0.29, 0.717) is 5.56 Å². The van der Waals surface area contributed by atoms with E-state index >= 15 is 0 Å². The highest BCUT2D eigenvalue weighted by Gasteiger charge is 2.34. The van der Waals surface area contributed by atoms with Gasteiger partial charge < -0.3 is 5.73 Å². The van der Waals surface area contributed by atoms with Crippen molar-refractivity contribution < 1.29 is 18.0 Å². The number of carbonyl (C=O) groups is 1. The molecule has 140 valence electrons. The first-order valence-corrected chi connectivity index (χ1v) is 7.82. The van der Waals surface area contributed by atoms with E-state index in [1.165, 1.54) is 23.1 Å². The Morgan fingerprint density at radius 1 is 1.15 bits per heavy atom. The highest BCUT2D eigenvalue weighted by molar-refractivity contribution is 5.94. The Hall–Kier alpha value is -3.30. The average Bonchev–Trinajstić information content (AvgIpc) is 3.15. The number of hydrogen-bond acceptors (Lipinski definition) is 5. The predicted molar refractivity (Wildman–Crippen MR) is 89.0 cm³/mol. The van der Waals surface area contributed by atoms with Crippen molar-refractivity contribution in [3.05, 3.63) is 65.5 Å². The zero-order chi connectivity index (χ0) is 19.8. The van der Waals surface area contributed by atoms with E-state index in [-0.39, 0.29) is 17.2 Å². The van der Waals surface area contributed by atoms with Crippen molar-refractivity contribution in [3.63, 3.8) is 0 Å². The fourth-order valence-electron chi connectivity index (χ4n) is 2.59. The van der Waals surface area contributed by atoms with E-state index in [4.69, 9.17) is 5.73 Å². The molecule has 0 aromatic carbocycles. The van der Waals surface area contributed by atoms with Crippen LogP contribution in [0.3, 0.4) is 0 Å². The molecule has 0 aliphatic carbocycles. The van der Waals surface area contributed by atoms with Crippen molar-refractivity contribution >= 4 is 5.91 Å². The first kappa shape index (κ1) is 18.5. The molecule has 7 nitrogen and oxygen atoms in total. The van der Waals surface area contributed by atoms with Gasteiger partial charge in [0.2, 0.25) is 0 Å². The number of amides is 1. The molecule has 3 heterocycles. The lowest BCUT2D eigenvalue weighted by Crippen LogP contribution is -2.28. The van der Waals surface area contributed by atoms with Gasteiger partial charge in [0, 0.05) is 30.2 Å². The third-order valence-electron chi connectivity index (χ3n) is 4.12. The summed E-state index contributed by atoms with van der Waals surface area (Å²) in [6.45, 7) is 3.41. The molecular weight excluding hydrogens is 361 g/mol. The van der Waals surface area contributed by atoms with Gasteiger partial charge in [-0.25, -0.2) is 14.6 Å². The minimum absolute atomic E-state index is 0.0656. The molecule has 0 saturated carbocycles. The monoisotopic (exact) mass is 376 g/mol. The van der Waals surface area contributed by atoms with Crippen molar-refractivity contribution in [2.24, 2.45) is 5.73 Å². The fraction of sp³-hybridized carbons (Fsp3) is 0.235. The summed E-state index contributed by atoms with van der Waals surface area (Å²) in [5.41, 5.74) is 4.23. The Morgan fingerprint density at radius 2 is 1.89 bits per heavy atom. The Kier molecular flexibility index (Phi) is 4.42. The Bertz CT molecular complexity index is 965. The topological polar surface area (TPSA) is 99.6 Å². The van der Waals surface area contributed by atoms with Crippen LogP contribution in [0.25, 0.3) is 5.95 Å². The van der Waals surface area contributed by atoms with Crippen molar-refractivity contribution in [1.29, 1.82) is 0 Å². The molecule has 0 radical (unpaired) electrons. The van der Waals surface area contributed by atoms with Crippen LogP contribution in [0.4, 0.5) is 13.2 Å². The summed E-state index contributed by atoms with van der Waals surface area (Å²) in [6, 6.07) is 3.86. The second-order valence-corrected chi connectivity index (χ2v) is 6.30. The maximum absolute atomic E-state index is 12.8. The lowest BCUT2D eigenvalue weighted by atomic mass is 9.80. The van der Waals surface area contributed by atoms with E-state index < -0.39 is 23.2 Å². The van der Waals surface area contributed by atoms with Gasteiger partial charge in [-0.2, -0.15) is 18.3 Å². The highest BCUT2D eigenvalue weighted by atomic mass is 19.4. The summed E-state index contributed by atoms with van der Waals surface area (Å²) in [6.07, 6.45) is 1.01. The second-order valence-electron chi connectivity index (χ2n) is 6.30. The number of carbonyl (C=O) groups excluding carboxylic acids is 1. The number of halogens is 3. The molecule has 0 bridgehead atoms. The van der Waals surface area contributed by atoms with Crippen LogP contribution in [0.5, 0.6) is 0 Å². The van der Waals surface area contributed by atoms with E-state index in [1.807, 2.05) is 0 Å². The van der Waals surface area contributed by atoms with Crippen LogP contribution in [-0.4, -0.2) is 30.6 Å². The lowest BCUT2D eigenvalue weighted by Gasteiger charge is -2.26. The van der Waals surface area contributed by atoms with E-state index in [1.54, 1.807) is 26.1 Å². The van der Waals surface area contributed by atoms with Crippen LogP contribution >= 0.6 is 0 Å². The molecule has 3 rings (SSSR count). The van der Waals surface area contributed by atoms with Crippen molar-refractivity contribution in [2.75, 3.05) is 0 Å². The second kappa shape index (κ2) is 6.45. The Labute approximate surface area is 152 Å². The van der Waals surface area contributed by atoms with Crippen LogP contribution in [0, 0.1) is 0 Å². The molecule has 0 aliphatic rings. The number of primary amides is 1. The van der Waals surface area contributed by atoms with Gasteiger partial charge in [-0.05, 0) is 17.7 Å². The number of aromatic nitrogens is 5. The number of nitrogens with two attached hydrogens (primary N) is 1. The standard InChI is InChI=1S/C17H15F3N6O/c1-16(2,10-4-5-12(22-8-10)17(18,19)20)13-11(14(21)27)9-23-15(25-13)26-7-3-6-24-26/h3-9H,1-2H3,(H2,21,27). The molecule has 3 aromatic heterocycles. The molecule has 0 atom stereocenters. The third kappa shape index (κ3) is 3.50. The smallest absolute Gasteiger partial charge is 0.365 e. The van der Waals surface area contributed by atoms with Crippen LogP contribution in [0.15, 0.2) is 43.0 Å². The fourth-order valence-corrected chi connectivity index (χ4v) is 2.59. The minimum atomic E-state index is -4.54. The molecular formula is C17H15F3N6O. The first-order chi connectivity index (χ1) is 12.6. The van der Waals surface area contributed by atoms with Gasteiger partial charge in [-0.1, -0.05) is 19.9 Å². The molecule has 0 fully saturated rings. The molecule has 0 aliphatic heterocycles. The average molecular weight is 376 g/mol. The van der Waals surface area contributed by atoms with Crippen LogP contribution in [0.1, 0.15) is 41.2 Å². The molecule has 10 heteroatoms. The quantitative estimate of drug-likeness (QED) is 0.754. The molecule has 1 amide bonds. The van der Waals surface area contributed by atoms with Crippen molar-refractivity contribution in [2.45, 2.75) is 25.4 Å². The largest absolute Gasteiger partial charge is 0.433 e. The number of pyridine rings is 1. The maximum Gasteiger partial charge on any atom is 0.433 e. The molecule has 0 unspecified atom stereocenters. The zero-order valence-electron chi connectivity index (χ0n) is 14.4. The van der Waals surface area contributed by atoms with E-state index in [9.17, 15) is 18.0 Å². The summed E-state index contributed by atoms with van der Waals surface area (Å²) in [4.78, 5) is 23.8. The summed E-state index contributed by atoms with van der Waals surface area (Å²) in [5.74, 6) is -0.544. The summed E-state index contributed by atoms with van der Waals surface area (Å²) in [7, 11) is 0. The van der Waals surface area contributed by atoms with Gasteiger partial charge >= 0.3 is 6.18 Å². The number of rotatable bonds is 4. The number of nitrogens with zero attached hydrogens (tertiary/aromatic N) is 5. The van der Waals surface area contributed by atoms with Gasteiger partial charge in [-0.3, -0.25) is 9.78 Å². The van der Waals surface area contributed by atoms with Crippen molar-refractivity contribution in [1.82, 2.24) is 24.7 Å². The van der Waals surface area contributed by atoms with E-state index in [2.05, 4.69) is 20.1 Å². The molecule has 3 aromatic rings. The van der Waals surface area contributed by atoms with E-state index in [0.717, 1.165) is 12.3 Å². The molecule has 0 spiro atoms. The SMILES string of the molecule is CC(C)(c1ccc(C(F)(F)F)nc1)c1nc(-n2cccn2)ncc1C(N)=O. The number of hydrogen-bond donors (Lipinski definition) is 1. The highest BCUT2D eigenvalue weighted by Crippen LogP contribution is 2.34. The Morgan fingerprint density at radius 3 is 2.41 bits per heavy atom. The molecule has 2 N–H and O–H groups in total. The van der Waals surface area contributed by atoms with Gasteiger partial charge in [0.05, 0.1) is 11.3 Å². The van der Waals surface area contributed by atoms with Gasteiger partial charge in [-0.15, -0.1) is 0 Å². The molecule has 27 heavy (non-hydrogen) atoms. The van der Waals surface area contributed by atoms with Crippen LogP contribution in [-0.2, 0) is 11.6 Å². The minimum Gasteiger partial charge on any atom is -0.365 e. The predicted octanol–water partition coefficient (Wildman–Crippen LogP) is 2.50. The Balaban J connectivity index is 2.12. The zero-order valence-corrected chi connectivity index (χ0v) is 14.4. The van der Waals surface area contributed by atoms with Crippen LogP contribution in [0.2, 0.25) is 0 Å². The number of alkyl halides is 3. The van der Waals surface area contributed by atoms with Gasteiger partial charge in [0.1, 0.15) is 5.69 Å². The lowest BCUT2D eigenvalue weighted by molar-refractivity contribution is -0.141. The summed E-state index contributed by atoms with van der Waals surface area (Å²) >= 11 is 0. The molecule has 0 saturated heterocycles. The maximum atomic E-state index is 12.8. The van der Waals surface area contributed by atoms with Crippen LogP contribution < -0.4 is 5.73 Å². The van der Waals surface area contributed by atoms with Crippen molar-refractivity contribution in [3.8, 4) is 5.95 Å².